The predicted molar refractivity (Wildman–Crippen MR) is 140 cm³/mol. The summed E-state index contributed by atoms with van der Waals surface area (Å²) < 4.78 is 0. The minimum absolute atomic E-state index is 0.0305. The summed E-state index contributed by atoms with van der Waals surface area (Å²) in [7, 11) is 2.16. The molecule has 0 aliphatic carbocycles. The fraction of sp³-hybridized carbons (Fsp3) is 0.286. The van der Waals surface area contributed by atoms with E-state index in [4.69, 9.17) is 0 Å². The summed E-state index contributed by atoms with van der Waals surface area (Å²) in [5.74, 6) is -0.0305. The van der Waals surface area contributed by atoms with Gasteiger partial charge in [0.15, 0.2) is 0 Å². The first-order valence-corrected chi connectivity index (χ1v) is 11.9. The van der Waals surface area contributed by atoms with Gasteiger partial charge in [-0.25, -0.2) is 0 Å². The highest BCUT2D eigenvalue weighted by Crippen LogP contribution is 2.19. The highest BCUT2D eigenvalue weighted by atomic mass is 16.1. The maximum atomic E-state index is 12.6. The van der Waals surface area contributed by atoms with Crippen LogP contribution in [0.3, 0.4) is 0 Å². The minimum Gasteiger partial charge on any atom is -0.356 e. The Bertz CT molecular complexity index is 1070. The zero-order valence-corrected chi connectivity index (χ0v) is 19.8. The molecular formula is C28H33N5O. The van der Waals surface area contributed by atoms with Crippen molar-refractivity contribution in [3.05, 3.63) is 89.7 Å². The van der Waals surface area contributed by atoms with Crippen LogP contribution < -0.4 is 10.6 Å². The van der Waals surface area contributed by atoms with E-state index in [9.17, 15) is 4.79 Å². The topological polar surface area (TPSA) is 60.5 Å². The number of anilines is 2. The maximum absolute atomic E-state index is 12.6. The van der Waals surface area contributed by atoms with Gasteiger partial charge in [0, 0.05) is 55.9 Å². The molecule has 1 aliphatic rings. The quantitative estimate of drug-likeness (QED) is 0.470. The molecule has 2 heterocycles. The molecule has 6 nitrogen and oxygen atoms in total. The molecule has 0 radical (unpaired) electrons. The molecule has 4 rings (SSSR count). The Hall–Kier alpha value is -3.48. The lowest BCUT2D eigenvalue weighted by atomic mass is 10.1. The molecular weight excluding hydrogens is 422 g/mol. The number of pyridine rings is 1. The van der Waals surface area contributed by atoms with Crippen molar-refractivity contribution >= 4 is 29.4 Å². The third-order valence-corrected chi connectivity index (χ3v) is 5.99. The van der Waals surface area contributed by atoms with Gasteiger partial charge in [0.1, 0.15) is 0 Å². The number of carbonyl (C=O) groups is 1. The van der Waals surface area contributed by atoms with Gasteiger partial charge in [-0.05, 0) is 74.1 Å². The van der Waals surface area contributed by atoms with Crippen LogP contribution in [0.1, 0.15) is 28.0 Å². The van der Waals surface area contributed by atoms with E-state index in [0.717, 1.165) is 61.8 Å². The summed E-state index contributed by atoms with van der Waals surface area (Å²) in [6.07, 6.45) is 6.79. The highest BCUT2D eigenvalue weighted by molar-refractivity contribution is 5.95. The third-order valence-electron chi connectivity index (χ3n) is 5.99. The van der Waals surface area contributed by atoms with Gasteiger partial charge in [0.25, 0.3) is 5.91 Å². The summed E-state index contributed by atoms with van der Waals surface area (Å²) in [5, 5.41) is 6.44. The summed E-state index contributed by atoms with van der Waals surface area (Å²) in [4.78, 5) is 21.7. The molecule has 0 atom stereocenters. The fourth-order valence-corrected chi connectivity index (χ4v) is 3.92. The van der Waals surface area contributed by atoms with E-state index in [1.54, 1.807) is 6.20 Å². The van der Waals surface area contributed by atoms with Gasteiger partial charge in [-0.15, -0.1) is 0 Å². The molecule has 1 aliphatic heterocycles. The first kappa shape index (κ1) is 23.7. The van der Waals surface area contributed by atoms with Gasteiger partial charge < -0.3 is 20.4 Å². The van der Waals surface area contributed by atoms with Gasteiger partial charge >= 0.3 is 0 Å². The van der Waals surface area contributed by atoms with Crippen LogP contribution in [-0.2, 0) is 0 Å². The van der Waals surface area contributed by atoms with Crippen molar-refractivity contribution in [2.45, 2.75) is 6.42 Å². The lowest BCUT2D eigenvalue weighted by Gasteiger charge is -2.32. The lowest BCUT2D eigenvalue weighted by molar-refractivity contribution is 0.0949. The van der Waals surface area contributed by atoms with Gasteiger partial charge in [-0.3, -0.25) is 9.78 Å². The maximum Gasteiger partial charge on any atom is 0.251 e. The number of aromatic nitrogens is 1. The van der Waals surface area contributed by atoms with E-state index in [1.165, 1.54) is 0 Å². The number of amides is 1. The van der Waals surface area contributed by atoms with E-state index in [0.29, 0.717) is 12.1 Å². The van der Waals surface area contributed by atoms with E-state index in [2.05, 4.69) is 44.6 Å². The Labute approximate surface area is 202 Å². The molecule has 176 valence electrons. The van der Waals surface area contributed by atoms with Crippen LogP contribution in [0.15, 0.2) is 72.9 Å². The predicted octanol–water partition coefficient (Wildman–Crippen LogP) is 4.36. The number of rotatable bonds is 9. The molecule has 0 saturated carbocycles. The Morgan fingerprint density at radius 2 is 1.76 bits per heavy atom. The summed E-state index contributed by atoms with van der Waals surface area (Å²) >= 11 is 0. The Morgan fingerprint density at radius 1 is 0.941 bits per heavy atom. The number of benzene rings is 2. The molecule has 1 fully saturated rings. The molecule has 0 bridgehead atoms. The smallest absolute Gasteiger partial charge is 0.251 e. The van der Waals surface area contributed by atoms with Crippen LogP contribution >= 0.6 is 0 Å². The van der Waals surface area contributed by atoms with E-state index < -0.39 is 0 Å². The molecule has 0 unspecified atom stereocenters. The van der Waals surface area contributed by atoms with Gasteiger partial charge in [-0.1, -0.05) is 30.3 Å². The zero-order valence-electron chi connectivity index (χ0n) is 19.8. The largest absolute Gasteiger partial charge is 0.356 e. The Morgan fingerprint density at radius 3 is 2.53 bits per heavy atom. The van der Waals surface area contributed by atoms with Crippen molar-refractivity contribution in [1.82, 2.24) is 20.1 Å². The zero-order chi connectivity index (χ0) is 23.6. The van der Waals surface area contributed by atoms with E-state index >= 15 is 0 Å². The molecule has 3 aromatic rings. The van der Waals surface area contributed by atoms with Crippen LogP contribution in [-0.4, -0.2) is 67.0 Å². The average molecular weight is 456 g/mol. The monoisotopic (exact) mass is 455 g/mol. The molecule has 2 N–H and O–H groups in total. The molecule has 1 saturated heterocycles. The van der Waals surface area contributed by atoms with Crippen molar-refractivity contribution in [1.29, 1.82) is 0 Å². The number of piperazine rings is 1. The van der Waals surface area contributed by atoms with Gasteiger partial charge in [0.2, 0.25) is 0 Å². The van der Waals surface area contributed by atoms with Crippen LogP contribution in [0.4, 0.5) is 11.4 Å². The van der Waals surface area contributed by atoms with Crippen molar-refractivity contribution in [3.8, 4) is 0 Å². The number of hydrogen-bond acceptors (Lipinski definition) is 5. The Kier molecular flexibility index (Phi) is 8.43. The second-order valence-electron chi connectivity index (χ2n) is 8.67. The Balaban J connectivity index is 1.25. The number of carbonyl (C=O) groups excluding carboxylic acids is 1. The van der Waals surface area contributed by atoms with E-state index in [1.807, 2.05) is 66.7 Å². The minimum atomic E-state index is -0.0305. The number of nitrogens with zero attached hydrogens (tertiary/aromatic N) is 3. The normalized spacial score (nSPS) is 14.9. The standard InChI is InChI=1S/C28H33N5O/c1-32-18-20-33(21-19-32)17-5-16-30-28(34)24-6-4-8-27(22-24)31-26-13-10-23(11-14-26)9-12-25-7-2-3-15-29-25/h2-4,6-15,22,31H,5,16-21H2,1H3,(H,30,34)/b12-9+. The van der Waals surface area contributed by atoms with Crippen molar-refractivity contribution in [2.24, 2.45) is 0 Å². The summed E-state index contributed by atoms with van der Waals surface area (Å²) in [5.41, 5.74) is 4.56. The van der Waals surface area contributed by atoms with E-state index in [-0.39, 0.29) is 5.91 Å². The van der Waals surface area contributed by atoms with Crippen molar-refractivity contribution < 1.29 is 4.79 Å². The molecule has 0 spiro atoms. The molecule has 1 aromatic heterocycles. The lowest BCUT2D eigenvalue weighted by Crippen LogP contribution is -2.45. The third kappa shape index (κ3) is 7.27. The number of likely N-dealkylation sites (N-methyl/N-ethyl adjacent to an activating group) is 1. The molecule has 1 amide bonds. The second-order valence-corrected chi connectivity index (χ2v) is 8.67. The second kappa shape index (κ2) is 12.1. The molecule has 2 aromatic carbocycles. The summed E-state index contributed by atoms with van der Waals surface area (Å²) in [6.45, 7) is 6.19. The average Bonchev–Trinajstić information content (AvgIpc) is 2.88. The summed E-state index contributed by atoms with van der Waals surface area (Å²) in [6, 6.07) is 21.7. The number of nitrogens with one attached hydrogen (secondary N) is 2. The van der Waals surface area contributed by atoms with Crippen LogP contribution in [0, 0.1) is 0 Å². The van der Waals surface area contributed by atoms with Crippen molar-refractivity contribution in [2.75, 3.05) is 51.6 Å². The molecule has 6 heteroatoms. The molecule has 34 heavy (non-hydrogen) atoms. The SMILES string of the molecule is CN1CCN(CCCNC(=O)c2cccc(Nc3ccc(/C=C/c4ccccn4)cc3)c2)CC1. The first-order chi connectivity index (χ1) is 16.7. The highest BCUT2D eigenvalue weighted by Gasteiger charge is 2.13. The van der Waals surface area contributed by atoms with Crippen LogP contribution in [0.5, 0.6) is 0 Å². The van der Waals surface area contributed by atoms with Gasteiger partial charge in [0.05, 0.1) is 5.69 Å². The van der Waals surface area contributed by atoms with Crippen molar-refractivity contribution in [3.63, 3.8) is 0 Å². The van der Waals surface area contributed by atoms with Gasteiger partial charge in [-0.2, -0.15) is 0 Å². The fourth-order valence-electron chi connectivity index (χ4n) is 3.92. The first-order valence-electron chi connectivity index (χ1n) is 11.9. The van der Waals surface area contributed by atoms with Crippen LogP contribution in [0.2, 0.25) is 0 Å². The number of hydrogen-bond donors (Lipinski definition) is 2. The van der Waals surface area contributed by atoms with Crippen LogP contribution in [0.25, 0.3) is 12.2 Å².